The van der Waals surface area contributed by atoms with E-state index in [1.165, 1.54) is 12.8 Å². The third-order valence-corrected chi connectivity index (χ3v) is 4.62. The zero-order chi connectivity index (χ0) is 15.4. The molecule has 2 saturated heterocycles. The minimum atomic E-state index is -0.0356. The van der Waals surface area contributed by atoms with Gasteiger partial charge in [0.25, 0.3) is 0 Å². The third kappa shape index (κ3) is 3.32. The number of benzene rings is 1. The van der Waals surface area contributed by atoms with Crippen molar-refractivity contribution in [3.05, 3.63) is 35.9 Å². The maximum absolute atomic E-state index is 12.3. The van der Waals surface area contributed by atoms with Gasteiger partial charge in [0.1, 0.15) is 0 Å². The second-order valence-corrected chi connectivity index (χ2v) is 6.06. The molecule has 0 radical (unpaired) electrons. The van der Waals surface area contributed by atoms with E-state index >= 15 is 0 Å². The highest BCUT2D eigenvalue weighted by atomic mass is 16.5. The second kappa shape index (κ2) is 7.22. The molecule has 1 amide bonds. The molecule has 0 bridgehead atoms. The summed E-state index contributed by atoms with van der Waals surface area (Å²) in [5.41, 5.74) is 6.74. The zero-order valence-corrected chi connectivity index (χ0v) is 13.0. The summed E-state index contributed by atoms with van der Waals surface area (Å²) in [6, 6.07) is 10.1. The largest absolute Gasteiger partial charge is 0.373 e. The van der Waals surface area contributed by atoms with Gasteiger partial charge < -0.3 is 20.3 Å². The van der Waals surface area contributed by atoms with Crippen molar-refractivity contribution in [2.75, 3.05) is 39.3 Å². The topological polar surface area (TPSA) is 58.8 Å². The van der Waals surface area contributed by atoms with Crippen LogP contribution in [0.4, 0.5) is 0 Å². The molecule has 5 heteroatoms. The molecular weight excluding hydrogens is 278 g/mol. The van der Waals surface area contributed by atoms with Gasteiger partial charge in [-0.2, -0.15) is 0 Å². The molecule has 22 heavy (non-hydrogen) atoms. The molecule has 0 saturated carbocycles. The quantitative estimate of drug-likeness (QED) is 0.902. The van der Waals surface area contributed by atoms with E-state index in [2.05, 4.69) is 17.0 Å². The van der Waals surface area contributed by atoms with Crippen molar-refractivity contribution >= 4 is 5.91 Å². The Morgan fingerprint density at radius 1 is 1.18 bits per heavy atom. The average molecular weight is 303 g/mol. The molecule has 0 aliphatic carbocycles. The van der Waals surface area contributed by atoms with Crippen LogP contribution >= 0.6 is 0 Å². The van der Waals surface area contributed by atoms with Crippen LogP contribution in [0.25, 0.3) is 0 Å². The predicted molar refractivity (Wildman–Crippen MR) is 85.4 cm³/mol. The van der Waals surface area contributed by atoms with E-state index in [4.69, 9.17) is 10.5 Å². The SMILES string of the molecule is NCC(=O)N1CCO[C@@H](CN2CCCC2)[C@@H]1c1ccccc1. The number of amides is 1. The Morgan fingerprint density at radius 2 is 1.91 bits per heavy atom. The summed E-state index contributed by atoms with van der Waals surface area (Å²) in [4.78, 5) is 16.6. The molecule has 3 rings (SSSR count). The summed E-state index contributed by atoms with van der Waals surface area (Å²) in [5, 5.41) is 0. The summed E-state index contributed by atoms with van der Waals surface area (Å²) in [6.45, 7) is 4.41. The normalized spacial score (nSPS) is 26.3. The fourth-order valence-electron chi connectivity index (χ4n) is 3.55. The number of morpholine rings is 1. The van der Waals surface area contributed by atoms with Crippen LogP contribution in [0.2, 0.25) is 0 Å². The van der Waals surface area contributed by atoms with E-state index in [9.17, 15) is 4.79 Å². The third-order valence-electron chi connectivity index (χ3n) is 4.62. The average Bonchev–Trinajstić information content (AvgIpc) is 3.08. The maximum Gasteiger partial charge on any atom is 0.236 e. The number of ether oxygens (including phenoxy) is 1. The summed E-state index contributed by atoms with van der Waals surface area (Å²) in [5.74, 6) is 0.00331. The van der Waals surface area contributed by atoms with E-state index in [-0.39, 0.29) is 24.6 Å². The van der Waals surface area contributed by atoms with Crippen LogP contribution in [0, 0.1) is 0 Å². The van der Waals surface area contributed by atoms with E-state index in [0.29, 0.717) is 13.2 Å². The van der Waals surface area contributed by atoms with Gasteiger partial charge in [0.05, 0.1) is 25.3 Å². The number of hydrogen-bond donors (Lipinski definition) is 1. The van der Waals surface area contributed by atoms with Crippen molar-refractivity contribution in [1.29, 1.82) is 0 Å². The van der Waals surface area contributed by atoms with E-state index in [1.54, 1.807) is 0 Å². The van der Waals surface area contributed by atoms with Crippen LogP contribution < -0.4 is 5.73 Å². The minimum absolute atomic E-state index is 0.00331. The lowest BCUT2D eigenvalue weighted by Gasteiger charge is -2.42. The molecule has 0 unspecified atom stereocenters. The molecule has 2 aliphatic heterocycles. The number of likely N-dealkylation sites (tertiary alicyclic amines) is 1. The molecule has 0 aromatic heterocycles. The molecule has 2 N–H and O–H groups in total. The van der Waals surface area contributed by atoms with Crippen molar-refractivity contribution < 1.29 is 9.53 Å². The minimum Gasteiger partial charge on any atom is -0.373 e. The first-order valence-electron chi connectivity index (χ1n) is 8.18. The van der Waals surface area contributed by atoms with Crippen LogP contribution in [0.15, 0.2) is 30.3 Å². The van der Waals surface area contributed by atoms with Crippen LogP contribution in [0.3, 0.4) is 0 Å². The zero-order valence-electron chi connectivity index (χ0n) is 13.0. The van der Waals surface area contributed by atoms with Crippen molar-refractivity contribution in [3.8, 4) is 0 Å². The number of carbonyl (C=O) groups is 1. The fraction of sp³-hybridized carbons (Fsp3) is 0.588. The van der Waals surface area contributed by atoms with Crippen molar-refractivity contribution in [3.63, 3.8) is 0 Å². The van der Waals surface area contributed by atoms with Gasteiger partial charge in [0.2, 0.25) is 5.91 Å². The monoisotopic (exact) mass is 303 g/mol. The standard InChI is InChI=1S/C17H25N3O2/c18-12-16(21)20-10-11-22-15(13-19-8-4-5-9-19)17(20)14-6-2-1-3-7-14/h1-3,6-7,15,17H,4-5,8-13,18H2/t15-,17-/m0/s1. The molecule has 2 aliphatic rings. The Labute approximate surface area is 132 Å². The molecule has 2 heterocycles. The van der Waals surface area contributed by atoms with Gasteiger partial charge in [-0.05, 0) is 31.5 Å². The van der Waals surface area contributed by atoms with E-state index in [1.807, 2.05) is 23.1 Å². The Kier molecular flexibility index (Phi) is 5.08. The summed E-state index contributed by atoms with van der Waals surface area (Å²) in [7, 11) is 0. The van der Waals surface area contributed by atoms with Crippen molar-refractivity contribution in [2.45, 2.75) is 25.0 Å². The fourth-order valence-corrected chi connectivity index (χ4v) is 3.55. The molecule has 0 spiro atoms. The smallest absolute Gasteiger partial charge is 0.236 e. The number of rotatable bonds is 4. The van der Waals surface area contributed by atoms with Gasteiger partial charge >= 0.3 is 0 Å². The second-order valence-electron chi connectivity index (χ2n) is 6.06. The Balaban J connectivity index is 1.83. The van der Waals surface area contributed by atoms with Crippen LogP contribution in [-0.4, -0.2) is 61.1 Å². The molecular formula is C17H25N3O2. The summed E-state index contributed by atoms with van der Waals surface area (Å²) in [6.07, 6.45) is 2.53. The number of carbonyl (C=O) groups excluding carboxylic acids is 1. The van der Waals surface area contributed by atoms with E-state index in [0.717, 1.165) is 25.2 Å². The van der Waals surface area contributed by atoms with E-state index < -0.39 is 0 Å². The molecule has 1 aromatic carbocycles. The lowest BCUT2D eigenvalue weighted by atomic mass is 9.97. The highest BCUT2D eigenvalue weighted by molar-refractivity contribution is 5.78. The molecule has 120 valence electrons. The van der Waals surface area contributed by atoms with Gasteiger partial charge in [-0.1, -0.05) is 30.3 Å². The van der Waals surface area contributed by atoms with Gasteiger partial charge in [0.15, 0.2) is 0 Å². The number of nitrogens with two attached hydrogens (primary N) is 1. The van der Waals surface area contributed by atoms with Gasteiger partial charge in [-0.3, -0.25) is 4.79 Å². The van der Waals surface area contributed by atoms with Gasteiger partial charge in [-0.25, -0.2) is 0 Å². The first kappa shape index (κ1) is 15.5. The Hall–Kier alpha value is -1.43. The molecule has 2 atom stereocenters. The molecule has 1 aromatic rings. The lowest BCUT2D eigenvalue weighted by molar-refractivity contribution is -0.146. The van der Waals surface area contributed by atoms with Crippen molar-refractivity contribution in [1.82, 2.24) is 9.80 Å². The van der Waals surface area contributed by atoms with Crippen LogP contribution in [0.5, 0.6) is 0 Å². The Morgan fingerprint density at radius 3 is 2.59 bits per heavy atom. The maximum atomic E-state index is 12.3. The van der Waals surface area contributed by atoms with Crippen LogP contribution in [-0.2, 0) is 9.53 Å². The first-order chi connectivity index (χ1) is 10.8. The predicted octanol–water partition coefficient (Wildman–Crippen LogP) is 1.01. The molecule has 2 fully saturated rings. The highest BCUT2D eigenvalue weighted by Crippen LogP contribution is 2.30. The van der Waals surface area contributed by atoms with Gasteiger partial charge in [-0.15, -0.1) is 0 Å². The number of hydrogen-bond acceptors (Lipinski definition) is 4. The van der Waals surface area contributed by atoms with Gasteiger partial charge in [0, 0.05) is 13.1 Å². The number of nitrogens with zero attached hydrogens (tertiary/aromatic N) is 2. The summed E-state index contributed by atoms with van der Waals surface area (Å²) < 4.78 is 6.06. The van der Waals surface area contributed by atoms with Crippen molar-refractivity contribution in [2.24, 2.45) is 5.73 Å². The van der Waals surface area contributed by atoms with Crippen LogP contribution in [0.1, 0.15) is 24.4 Å². The lowest BCUT2D eigenvalue weighted by Crippen LogP contribution is -2.52. The first-order valence-corrected chi connectivity index (χ1v) is 8.18. The Bertz CT molecular complexity index is 488. The summed E-state index contributed by atoms with van der Waals surface area (Å²) >= 11 is 0. The molecule has 5 nitrogen and oxygen atoms in total. The highest BCUT2D eigenvalue weighted by Gasteiger charge is 2.37.